The van der Waals surface area contributed by atoms with E-state index in [4.69, 9.17) is 27.9 Å². The van der Waals surface area contributed by atoms with Crippen molar-refractivity contribution in [1.29, 1.82) is 0 Å². The number of thioether (sulfide) groups is 1. The Morgan fingerprint density at radius 3 is 2.88 bits per heavy atom. The molecule has 0 aliphatic heterocycles. The molecule has 1 aromatic carbocycles. The monoisotopic (exact) mass is 396 g/mol. The number of carbonyl (C=O) groups excluding carboxylic acids is 1. The minimum atomic E-state index is -0.378. The number of nitrogens with one attached hydrogen (secondary N) is 2. The van der Waals surface area contributed by atoms with E-state index in [9.17, 15) is 4.79 Å². The Balaban J connectivity index is 1.68. The number of benzene rings is 1. The SMILES string of the molecule is COc1ccc(NC(=O)[C@H](C)Sc2nc3ncc(Cl)cc3[nH]2)cc1Cl. The molecule has 25 heavy (non-hydrogen) atoms. The van der Waals surface area contributed by atoms with Crippen molar-refractivity contribution >= 4 is 57.7 Å². The van der Waals surface area contributed by atoms with Crippen LogP contribution in [0.25, 0.3) is 11.2 Å². The van der Waals surface area contributed by atoms with E-state index in [2.05, 4.69) is 20.3 Å². The van der Waals surface area contributed by atoms with E-state index in [1.807, 2.05) is 0 Å². The lowest BCUT2D eigenvalue weighted by atomic mass is 10.3. The first-order chi connectivity index (χ1) is 12.0. The van der Waals surface area contributed by atoms with Crippen LogP contribution in [0, 0.1) is 0 Å². The molecule has 1 amide bonds. The molecule has 2 heterocycles. The van der Waals surface area contributed by atoms with Crippen molar-refractivity contribution in [2.45, 2.75) is 17.3 Å². The fraction of sp³-hybridized carbons (Fsp3) is 0.188. The van der Waals surface area contributed by atoms with Crippen LogP contribution in [0.15, 0.2) is 35.6 Å². The number of halogens is 2. The van der Waals surface area contributed by atoms with Gasteiger partial charge in [-0.2, -0.15) is 0 Å². The fourth-order valence-electron chi connectivity index (χ4n) is 2.12. The average molecular weight is 397 g/mol. The molecule has 0 radical (unpaired) electrons. The van der Waals surface area contributed by atoms with Gasteiger partial charge in [0.05, 0.1) is 27.9 Å². The third-order valence-corrected chi connectivity index (χ3v) is 4.85. The van der Waals surface area contributed by atoms with Gasteiger partial charge in [-0.05, 0) is 31.2 Å². The van der Waals surface area contributed by atoms with E-state index in [1.165, 1.54) is 25.1 Å². The molecule has 2 aromatic heterocycles. The molecule has 9 heteroatoms. The van der Waals surface area contributed by atoms with Gasteiger partial charge < -0.3 is 15.0 Å². The van der Waals surface area contributed by atoms with Gasteiger partial charge in [-0.25, -0.2) is 9.97 Å². The molecule has 6 nitrogen and oxygen atoms in total. The number of H-pyrrole nitrogens is 1. The van der Waals surface area contributed by atoms with Crippen LogP contribution in [0.4, 0.5) is 5.69 Å². The number of pyridine rings is 1. The van der Waals surface area contributed by atoms with Crippen LogP contribution in [-0.2, 0) is 4.79 Å². The molecule has 130 valence electrons. The second-order valence-corrected chi connectivity index (χ2v) is 7.34. The highest BCUT2D eigenvalue weighted by molar-refractivity contribution is 8.00. The summed E-state index contributed by atoms with van der Waals surface area (Å²) in [7, 11) is 1.54. The first kappa shape index (κ1) is 17.8. The third kappa shape index (κ3) is 4.18. The van der Waals surface area contributed by atoms with Crippen LogP contribution in [0.1, 0.15) is 6.92 Å². The summed E-state index contributed by atoms with van der Waals surface area (Å²) in [5, 5.41) is 3.99. The van der Waals surface area contributed by atoms with Crippen LogP contribution in [-0.4, -0.2) is 33.2 Å². The van der Waals surface area contributed by atoms with E-state index >= 15 is 0 Å². The first-order valence-corrected chi connectivity index (χ1v) is 8.92. The molecule has 2 N–H and O–H groups in total. The van der Waals surface area contributed by atoms with Crippen LogP contribution in [0.3, 0.4) is 0 Å². The number of fused-ring (bicyclic) bond motifs is 1. The maximum absolute atomic E-state index is 12.4. The lowest BCUT2D eigenvalue weighted by molar-refractivity contribution is -0.115. The lowest BCUT2D eigenvalue weighted by Crippen LogP contribution is -2.22. The Bertz CT molecular complexity index is 932. The molecule has 0 fully saturated rings. The number of aromatic nitrogens is 3. The molecule has 0 unspecified atom stereocenters. The number of hydrogen-bond donors (Lipinski definition) is 2. The zero-order valence-corrected chi connectivity index (χ0v) is 15.7. The van der Waals surface area contributed by atoms with Crippen molar-refractivity contribution in [2.75, 3.05) is 12.4 Å². The summed E-state index contributed by atoms with van der Waals surface area (Å²) in [5.41, 5.74) is 1.88. The number of anilines is 1. The zero-order valence-electron chi connectivity index (χ0n) is 13.3. The summed E-state index contributed by atoms with van der Waals surface area (Å²) >= 11 is 13.3. The van der Waals surface area contributed by atoms with E-state index in [0.29, 0.717) is 32.3 Å². The third-order valence-electron chi connectivity index (χ3n) is 3.36. The van der Waals surface area contributed by atoms with Crippen LogP contribution >= 0.6 is 35.0 Å². The molecular weight excluding hydrogens is 383 g/mol. The molecule has 0 aliphatic rings. The molecule has 0 bridgehead atoms. The largest absolute Gasteiger partial charge is 0.495 e. The number of hydrogen-bond acceptors (Lipinski definition) is 5. The summed E-state index contributed by atoms with van der Waals surface area (Å²) in [4.78, 5) is 23.9. The topological polar surface area (TPSA) is 79.9 Å². The van der Waals surface area contributed by atoms with Crippen LogP contribution < -0.4 is 10.1 Å². The number of ether oxygens (including phenoxy) is 1. The Morgan fingerprint density at radius 2 is 2.16 bits per heavy atom. The van der Waals surface area contributed by atoms with Crippen molar-refractivity contribution in [2.24, 2.45) is 0 Å². The van der Waals surface area contributed by atoms with Crippen molar-refractivity contribution in [3.8, 4) is 5.75 Å². The van der Waals surface area contributed by atoms with Gasteiger partial charge in [0.1, 0.15) is 5.75 Å². The maximum atomic E-state index is 12.4. The summed E-state index contributed by atoms with van der Waals surface area (Å²) < 4.78 is 5.09. The Morgan fingerprint density at radius 1 is 1.36 bits per heavy atom. The van der Waals surface area contributed by atoms with Crippen LogP contribution in [0.2, 0.25) is 10.0 Å². The lowest BCUT2D eigenvalue weighted by Gasteiger charge is -2.11. The Kier molecular flexibility index (Phi) is 5.36. The predicted molar refractivity (Wildman–Crippen MR) is 101 cm³/mol. The second-order valence-electron chi connectivity index (χ2n) is 5.17. The number of methoxy groups -OCH3 is 1. The Hall–Kier alpha value is -1.96. The highest BCUT2D eigenvalue weighted by Crippen LogP contribution is 2.28. The van der Waals surface area contributed by atoms with Crippen molar-refractivity contribution in [3.63, 3.8) is 0 Å². The van der Waals surface area contributed by atoms with Gasteiger partial charge in [0.2, 0.25) is 5.91 Å². The maximum Gasteiger partial charge on any atom is 0.237 e. The normalized spacial score (nSPS) is 12.2. The standard InChI is InChI=1S/C16H14Cl2N4O2S/c1-8(15(23)20-10-3-4-13(24-2)11(18)6-10)25-16-21-12-5-9(17)7-19-14(12)22-16/h3-8H,1-2H3,(H,20,23)(H,19,21,22)/t8-/m0/s1. The summed E-state index contributed by atoms with van der Waals surface area (Å²) in [5.74, 6) is 0.383. The van der Waals surface area contributed by atoms with Gasteiger partial charge in [-0.1, -0.05) is 35.0 Å². The molecule has 0 saturated carbocycles. The number of imidazole rings is 1. The average Bonchev–Trinajstić information content (AvgIpc) is 2.96. The number of rotatable bonds is 5. The second kappa shape index (κ2) is 7.51. The molecule has 0 saturated heterocycles. The van der Waals surface area contributed by atoms with Gasteiger partial charge in [0.25, 0.3) is 0 Å². The van der Waals surface area contributed by atoms with E-state index in [0.717, 1.165) is 5.52 Å². The summed E-state index contributed by atoms with van der Waals surface area (Å²) in [6.07, 6.45) is 1.53. The minimum absolute atomic E-state index is 0.169. The smallest absolute Gasteiger partial charge is 0.237 e. The first-order valence-electron chi connectivity index (χ1n) is 7.28. The predicted octanol–water partition coefficient (Wildman–Crippen LogP) is 4.39. The van der Waals surface area contributed by atoms with Crippen LogP contribution in [0.5, 0.6) is 5.75 Å². The van der Waals surface area contributed by atoms with Crippen molar-refractivity contribution < 1.29 is 9.53 Å². The van der Waals surface area contributed by atoms with Gasteiger partial charge >= 0.3 is 0 Å². The van der Waals surface area contributed by atoms with Crippen molar-refractivity contribution in [1.82, 2.24) is 15.0 Å². The van der Waals surface area contributed by atoms with Crippen molar-refractivity contribution in [3.05, 3.63) is 40.5 Å². The molecule has 3 aromatic rings. The van der Waals surface area contributed by atoms with E-state index in [-0.39, 0.29) is 11.2 Å². The molecular formula is C16H14Cl2N4O2S. The van der Waals surface area contributed by atoms with Gasteiger partial charge in [-0.15, -0.1) is 0 Å². The summed E-state index contributed by atoms with van der Waals surface area (Å²) in [6, 6.07) is 6.81. The number of carbonyl (C=O) groups is 1. The number of amides is 1. The fourth-order valence-corrected chi connectivity index (χ4v) is 3.34. The minimum Gasteiger partial charge on any atom is -0.495 e. The van der Waals surface area contributed by atoms with Gasteiger partial charge in [0, 0.05) is 11.9 Å². The molecule has 1 atom stereocenters. The highest BCUT2D eigenvalue weighted by Gasteiger charge is 2.17. The molecule has 3 rings (SSSR count). The van der Waals surface area contributed by atoms with E-state index < -0.39 is 0 Å². The highest BCUT2D eigenvalue weighted by atomic mass is 35.5. The molecule has 0 aliphatic carbocycles. The van der Waals surface area contributed by atoms with E-state index in [1.54, 1.807) is 31.2 Å². The number of nitrogens with zero attached hydrogens (tertiary/aromatic N) is 2. The van der Waals surface area contributed by atoms with Gasteiger partial charge in [0.15, 0.2) is 10.8 Å². The molecule has 0 spiro atoms. The summed E-state index contributed by atoms with van der Waals surface area (Å²) in [6.45, 7) is 1.79. The Labute approximate surface area is 158 Å². The number of aromatic amines is 1. The zero-order chi connectivity index (χ0) is 18.0. The quantitative estimate of drug-likeness (QED) is 0.624. The van der Waals surface area contributed by atoms with Gasteiger partial charge in [-0.3, -0.25) is 4.79 Å².